The molecule has 3 rings (SSSR count). The van der Waals surface area contributed by atoms with Crippen LogP contribution in [0, 0.1) is 32.8 Å². The molecule has 1 aromatic carbocycles. The highest BCUT2D eigenvalue weighted by molar-refractivity contribution is 5.58. The van der Waals surface area contributed by atoms with E-state index in [2.05, 4.69) is 5.32 Å². The first-order chi connectivity index (χ1) is 9.14. The molecule has 0 radical (unpaired) electrons. The average Bonchev–Trinajstić information content (AvgIpc) is 3.28. The van der Waals surface area contributed by atoms with E-state index in [1.54, 1.807) is 12.1 Å². The molecule has 0 bridgehead atoms. The van der Waals surface area contributed by atoms with E-state index in [0.717, 1.165) is 18.2 Å². The number of rotatable bonds is 5. The van der Waals surface area contributed by atoms with Crippen molar-refractivity contribution in [1.82, 2.24) is 0 Å². The summed E-state index contributed by atoms with van der Waals surface area (Å²) in [5.74, 6) is 0.869. The summed E-state index contributed by atoms with van der Waals surface area (Å²) in [7, 11) is 0. The van der Waals surface area contributed by atoms with Crippen molar-refractivity contribution in [3.8, 4) is 6.07 Å². The van der Waals surface area contributed by atoms with Crippen molar-refractivity contribution in [2.45, 2.75) is 25.7 Å². The fourth-order valence-corrected chi connectivity index (χ4v) is 2.76. The van der Waals surface area contributed by atoms with Crippen LogP contribution in [0.15, 0.2) is 18.2 Å². The molecule has 2 fully saturated rings. The molecule has 1 N–H and O–H groups in total. The molecule has 0 aliphatic heterocycles. The highest BCUT2D eigenvalue weighted by atomic mass is 16.6. The normalized spacial score (nSPS) is 19.5. The van der Waals surface area contributed by atoms with Crippen LogP contribution in [0.3, 0.4) is 0 Å². The predicted octanol–water partition coefficient (Wildman–Crippen LogP) is 3.07. The summed E-state index contributed by atoms with van der Waals surface area (Å²) in [4.78, 5) is 10.2. The molecular weight excluding hydrogens is 242 g/mol. The Balaban J connectivity index is 1.71. The molecule has 2 saturated carbocycles. The number of nitrogens with zero attached hydrogens (tertiary/aromatic N) is 2. The lowest BCUT2D eigenvalue weighted by atomic mass is 10.0. The summed E-state index contributed by atoms with van der Waals surface area (Å²) in [5.41, 5.74) is 1.26. The van der Waals surface area contributed by atoms with E-state index in [9.17, 15) is 10.1 Å². The highest BCUT2D eigenvalue weighted by Gasteiger charge is 2.53. The summed E-state index contributed by atoms with van der Waals surface area (Å²) in [6.07, 6.45) is 5.24. The number of hydrogen-bond acceptors (Lipinski definition) is 4. The topological polar surface area (TPSA) is 79.0 Å². The van der Waals surface area contributed by atoms with E-state index in [1.807, 2.05) is 6.07 Å². The molecule has 0 aromatic heterocycles. The van der Waals surface area contributed by atoms with E-state index in [-0.39, 0.29) is 11.3 Å². The standard InChI is InChI=1S/C14H15N3O2/c15-8-10-7-12(3-4-13(10)17(18)19)16-9-14(5-6-14)11-1-2-11/h3-4,7,11,16H,1-2,5-6,9H2. The second-order valence-electron chi connectivity index (χ2n) is 5.59. The second kappa shape index (κ2) is 4.23. The number of nitriles is 1. The molecule has 0 heterocycles. The van der Waals surface area contributed by atoms with Gasteiger partial charge in [-0.25, -0.2) is 0 Å². The minimum atomic E-state index is -0.519. The van der Waals surface area contributed by atoms with Crippen LogP contribution in [-0.2, 0) is 0 Å². The zero-order valence-electron chi connectivity index (χ0n) is 10.6. The Morgan fingerprint density at radius 2 is 2.21 bits per heavy atom. The molecule has 0 unspecified atom stereocenters. The highest BCUT2D eigenvalue weighted by Crippen LogP contribution is 2.61. The minimum absolute atomic E-state index is 0.117. The molecule has 2 aliphatic rings. The van der Waals surface area contributed by atoms with Crippen molar-refractivity contribution in [1.29, 1.82) is 5.26 Å². The second-order valence-corrected chi connectivity index (χ2v) is 5.59. The Bertz CT molecular complexity index is 569. The van der Waals surface area contributed by atoms with Crippen molar-refractivity contribution < 1.29 is 4.92 Å². The van der Waals surface area contributed by atoms with Gasteiger partial charge in [-0.15, -0.1) is 0 Å². The molecule has 5 nitrogen and oxygen atoms in total. The van der Waals surface area contributed by atoms with Gasteiger partial charge in [0.1, 0.15) is 11.6 Å². The van der Waals surface area contributed by atoms with Gasteiger partial charge in [-0.1, -0.05) is 0 Å². The van der Waals surface area contributed by atoms with Crippen LogP contribution in [0.5, 0.6) is 0 Å². The van der Waals surface area contributed by atoms with Crippen LogP contribution in [0.1, 0.15) is 31.2 Å². The Labute approximate surface area is 111 Å². The third-order valence-corrected chi connectivity index (χ3v) is 4.29. The fourth-order valence-electron chi connectivity index (χ4n) is 2.76. The summed E-state index contributed by atoms with van der Waals surface area (Å²) in [6, 6.07) is 6.54. The van der Waals surface area contributed by atoms with Crippen LogP contribution in [-0.4, -0.2) is 11.5 Å². The molecule has 98 valence electrons. The molecule has 5 heteroatoms. The largest absolute Gasteiger partial charge is 0.384 e. The van der Waals surface area contributed by atoms with Gasteiger partial charge in [0, 0.05) is 18.3 Å². The van der Waals surface area contributed by atoms with Gasteiger partial charge >= 0.3 is 0 Å². The molecule has 19 heavy (non-hydrogen) atoms. The first kappa shape index (κ1) is 12.0. The van der Waals surface area contributed by atoms with Crippen molar-refractivity contribution in [3.05, 3.63) is 33.9 Å². The number of nitro benzene ring substituents is 1. The summed E-state index contributed by atoms with van der Waals surface area (Å²) in [6.45, 7) is 0.917. The Morgan fingerprint density at radius 1 is 1.47 bits per heavy atom. The lowest BCUT2D eigenvalue weighted by molar-refractivity contribution is -0.385. The van der Waals surface area contributed by atoms with E-state index in [1.165, 1.54) is 31.7 Å². The summed E-state index contributed by atoms with van der Waals surface area (Å²) >= 11 is 0. The van der Waals surface area contributed by atoms with Gasteiger partial charge in [-0.3, -0.25) is 10.1 Å². The number of benzene rings is 1. The third-order valence-electron chi connectivity index (χ3n) is 4.29. The van der Waals surface area contributed by atoms with Crippen LogP contribution in [0.25, 0.3) is 0 Å². The minimum Gasteiger partial charge on any atom is -0.384 e. The number of hydrogen-bond donors (Lipinski definition) is 1. The lowest BCUT2D eigenvalue weighted by Gasteiger charge is -2.16. The summed E-state index contributed by atoms with van der Waals surface area (Å²) < 4.78 is 0. The van der Waals surface area contributed by atoms with Gasteiger partial charge in [-0.2, -0.15) is 5.26 Å². The number of nitro groups is 1. The maximum absolute atomic E-state index is 10.8. The van der Waals surface area contributed by atoms with Gasteiger partial charge in [0.25, 0.3) is 5.69 Å². The molecule has 2 aliphatic carbocycles. The van der Waals surface area contributed by atoms with Crippen LogP contribution >= 0.6 is 0 Å². The summed E-state index contributed by atoms with van der Waals surface area (Å²) in [5, 5.41) is 23.0. The zero-order chi connectivity index (χ0) is 13.5. The van der Waals surface area contributed by atoms with E-state index >= 15 is 0 Å². The predicted molar refractivity (Wildman–Crippen MR) is 70.7 cm³/mol. The van der Waals surface area contributed by atoms with Gasteiger partial charge in [0.2, 0.25) is 0 Å². The van der Waals surface area contributed by atoms with Gasteiger partial charge in [0.05, 0.1) is 4.92 Å². The first-order valence-corrected chi connectivity index (χ1v) is 6.57. The van der Waals surface area contributed by atoms with E-state index in [4.69, 9.17) is 5.26 Å². The lowest BCUT2D eigenvalue weighted by Crippen LogP contribution is -2.17. The Kier molecular flexibility index (Phi) is 2.67. The van der Waals surface area contributed by atoms with Crippen molar-refractivity contribution >= 4 is 11.4 Å². The van der Waals surface area contributed by atoms with Crippen molar-refractivity contribution in [2.75, 3.05) is 11.9 Å². The maximum atomic E-state index is 10.8. The molecule has 1 aromatic rings. The van der Waals surface area contributed by atoms with Gasteiger partial charge in [0.15, 0.2) is 0 Å². The molecule has 0 amide bonds. The van der Waals surface area contributed by atoms with Crippen molar-refractivity contribution in [3.63, 3.8) is 0 Å². The molecule has 0 spiro atoms. The van der Waals surface area contributed by atoms with Gasteiger partial charge < -0.3 is 5.32 Å². The average molecular weight is 257 g/mol. The molecule has 0 atom stereocenters. The van der Waals surface area contributed by atoms with Crippen molar-refractivity contribution in [2.24, 2.45) is 11.3 Å². The van der Waals surface area contributed by atoms with E-state index in [0.29, 0.717) is 5.41 Å². The third kappa shape index (κ3) is 2.26. The van der Waals surface area contributed by atoms with Crippen LogP contribution in [0.4, 0.5) is 11.4 Å². The molecular formula is C14H15N3O2. The van der Waals surface area contributed by atoms with Gasteiger partial charge in [-0.05, 0) is 49.1 Å². The first-order valence-electron chi connectivity index (χ1n) is 6.57. The monoisotopic (exact) mass is 257 g/mol. The number of anilines is 1. The number of nitrogens with one attached hydrogen (secondary N) is 1. The van der Waals surface area contributed by atoms with Crippen LogP contribution in [0.2, 0.25) is 0 Å². The Hall–Kier alpha value is -2.09. The smallest absolute Gasteiger partial charge is 0.287 e. The SMILES string of the molecule is N#Cc1cc(NCC2(C3CC3)CC2)ccc1[N+](=O)[O-]. The zero-order valence-corrected chi connectivity index (χ0v) is 10.6. The fraction of sp³-hybridized carbons (Fsp3) is 0.500. The Morgan fingerprint density at radius 3 is 2.74 bits per heavy atom. The quantitative estimate of drug-likeness (QED) is 0.649. The van der Waals surface area contributed by atoms with E-state index < -0.39 is 4.92 Å². The molecule has 0 saturated heterocycles. The van der Waals surface area contributed by atoms with Crippen LogP contribution < -0.4 is 5.32 Å². The maximum Gasteiger partial charge on any atom is 0.287 e.